The van der Waals surface area contributed by atoms with Gasteiger partial charge in [-0.05, 0) is 81.1 Å². The fourth-order valence-corrected chi connectivity index (χ4v) is 4.44. The molecule has 1 saturated heterocycles. The zero-order valence-electron chi connectivity index (χ0n) is 16.4. The third-order valence-electron chi connectivity index (χ3n) is 6.83. The van der Waals surface area contributed by atoms with Gasteiger partial charge in [-0.15, -0.1) is 0 Å². The summed E-state index contributed by atoms with van der Waals surface area (Å²) in [5.41, 5.74) is 1.20. The van der Waals surface area contributed by atoms with Crippen molar-refractivity contribution in [2.45, 2.75) is 51.0 Å². The highest BCUT2D eigenvalue weighted by Gasteiger charge is 2.51. The number of benzene rings is 1. The number of aliphatic carboxylic acids is 1. The van der Waals surface area contributed by atoms with Gasteiger partial charge in [-0.25, -0.2) is 0 Å². The Morgan fingerprint density at radius 2 is 1.85 bits per heavy atom. The van der Waals surface area contributed by atoms with Crippen molar-refractivity contribution in [2.75, 3.05) is 33.3 Å². The molecule has 0 radical (unpaired) electrons. The van der Waals surface area contributed by atoms with Gasteiger partial charge in [0, 0.05) is 19.1 Å². The maximum absolute atomic E-state index is 11.5. The first-order valence-electron chi connectivity index (χ1n) is 10.3. The standard InChI is InChI=1S/C22H32N2O3/c1-27-19-6-2-17(3-7-19)14-21(15-23-18-4-5-18)10-12-24(13-11-21)16-22(8-9-22)20(25)26/h2-3,6-7,18,23H,4-5,8-16H2,1H3,(H,25,26). The molecular weight excluding hydrogens is 340 g/mol. The second kappa shape index (κ2) is 7.44. The Balaban J connectivity index is 1.39. The van der Waals surface area contributed by atoms with Gasteiger partial charge in [0.05, 0.1) is 12.5 Å². The lowest BCUT2D eigenvalue weighted by molar-refractivity contribution is -0.144. The van der Waals surface area contributed by atoms with Crippen molar-refractivity contribution in [3.8, 4) is 5.75 Å². The van der Waals surface area contributed by atoms with Crippen molar-refractivity contribution in [1.29, 1.82) is 0 Å². The third kappa shape index (κ3) is 4.46. The molecule has 1 aromatic rings. The largest absolute Gasteiger partial charge is 0.497 e. The van der Waals surface area contributed by atoms with E-state index in [0.29, 0.717) is 0 Å². The highest BCUT2D eigenvalue weighted by molar-refractivity contribution is 5.78. The molecule has 4 rings (SSSR count). The number of ether oxygens (including phenoxy) is 1. The van der Waals surface area contributed by atoms with Crippen LogP contribution in [0.2, 0.25) is 0 Å². The summed E-state index contributed by atoms with van der Waals surface area (Å²) in [6, 6.07) is 9.20. The van der Waals surface area contributed by atoms with Crippen molar-refractivity contribution >= 4 is 5.97 Å². The minimum atomic E-state index is -0.604. The highest BCUT2D eigenvalue weighted by Crippen LogP contribution is 2.47. The van der Waals surface area contributed by atoms with E-state index < -0.39 is 11.4 Å². The lowest BCUT2D eigenvalue weighted by Crippen LogP contribution is -2.48. The number of hydrogen-bond donors (Lipinski definition) is 2. The van der Waals surface area contributed by atoms with Gasteiger partial charge in [-0.3, -0.25) is 4.79 Å². The Morgan fingerprint density at radius 3 is 2.37 bits per heavy atom. The molecule has 1 aromatic carbocycles. The number of nitrogens with zero attached hydrogens (tertiary/aromatic N) is 1. The van der Waals surface area contributed by atoms with Crippen LogP contribution < -0.4 is 10.1 Å². The minimum Gasteiger partial charge on any atom is -0.497 e. The van der Waals surface area contributed by atoms with Crippen LogP contribution >= 0.6 is 0 Å². The number of carbonyl (C=O) groups is 1. The van der Waals surface area contributed by atoms with Gasteiger partial charge < -0.3 is 20.1 Å². The van der Waals surface area contributed by atoms with Gasteiger partial charge in [0.1, 0.15) is 5.75 Å². The summed E-state index contributed by atoms with van der Waals surface area (Å²) in [5.74, 6) is 0.301. The molecule has 5 heteroatoms. The smallest absolute Gasteiger partial charge is 0.310 e. The number of nitrogens with one attached hydrogen (secondary N) is 1. The van der Waals surface area contributed by atoms with Crippen LogP contribution in [0.1, 0.15) is 44.1 Å². The predicted molar refractivity (Wildman–Crippen MR) is 105 cm³/mol. The zero-order valence-corrected chi connectivity index (χ0v) is 16.4. The Bertz CT molecular complexity index is 657. The normalized spacial score (nSPS) is 23.7. The average molecular weight is 373 g/mol. The Kier molecular flexibility index (Phi) is 5.17. The van der Waals surface area contributed by atoms with E-state index in [0.717, 1.165) is 70.1 Å². The maximum atomic E-state index is 11.5. The molecule has 27 heavy (non-hydrogen) atoms. The average Bonchev–Trinajstić information content (AvgIpc) is 3.59. The van der Waals surface area contributed by atoms with Crippen LogP contribution in [0.3, 0.4) is 0 Å². The monoisotopic (exact) mass is 372 g/mol. The van der Waals surface area contributed by atoms with E-state index >= 15 is 0 Å². The molecule has 148 valence electrons. The summed E-state index contributed by atoms with van der Waals surface area (Å²) in [5, 5.41) is 13.2. The SMILES string of the molecule is COc1ccc(CC2(CNC3CC3)CCN(CC3(C(=O)O)CC3)CC2)cc1. The number of hydrogen-bond acceptors (Lipinski definition) is 4. The van der Waals surface area contributed by atoms with Crippen molar-refractivity contribution < 1.29 is 14.6 Å². The zero-order chi connectivity index (χ0) is 18.9. The molecular formula is C22H32N2O3. The molecule has 3 fully saturated rings. The van der Waals surface area contributed by atoms with Crippen molar-refractivity contribution in [3.63, 3.8) is 0 Å². The fraction of sp³-hybridized carbons (Fsp3) is 0.682. The second-order valence-electron chi connectivity index (χ2n) is 9.04. The number of carboxylic acids is 1. The van der Waals surface area contributed by atoms with Crippen LogP contribution in [0.25, 0.3) is 0 Å². The first-order valence-corrected chi connectivity index (χ1v) is 10.3. The molecule has 3 aliphatic rings. The second-order valence-corrected chi connectivity index (χ2v) is 9.04. The van der Waals surface area contributed by atoms with E-state index in [-0.39, 0.29) is 5.41 Å². The molecule has 0 spiro atoms. The van der Waals surface area contributed by atoms with Crippen molar-refractivity contribution in [1.82, 2.24) is 10.2 Å². The molecule has 1 heterocycles. The lowest BCUT2D eigenvalue weighted by atomic mass is 9.73. The van der Waals surface area contributed by atoms with Crippen LogP contribution in [-0.2, 0) is 11.2 Å². The lowest BCUT2D eigenvalue weighted by Gasteiger charge is -2.43. The summed E-state index contributed by atoms with van der Waals surface area (Å²) >= 11 is 0. The quantitative estimate of drug-likeness (QED) is 0.698. The van der Waals surface area contributed by atoms with Crippen LogP contribution in [-0.4, -0.2) is 55.3 Å². The Morgan fingerprint density at radius 1 is 1.19 bits per heavy atom. The maximum Gasteiger partial charge on any atom is 0.310 e. The number of rotatable bonds is 9. The first kappa shape index (κ1) is 18.8. The summed E-state index contributed by atoms with van der Waals surface area (Å²) in [7, 11) is 1.70. The van der Waals surface area contributed by atoms with E-state index in [9.17, 15) is 9.90 Å². The summed E-state index contributed by atoms with van der Waals surface area (Å²) in [4.78, 5) is 13.9. The van der Waals surface area contributed by atoms with Crippen LogP contribution in [0, 0.1) is 10.8 Å². The van der Waals surface area contributed by atoms with E-state index in [1.165, 1.54) is 18.4 Å². The van der Waals surface area contributed by atoms with Gasteiger partial charge >= 0.3 is 5.97 Å². The number of methoxy groups -OCH3 is 1. The van der Waals surface area contributed by atoms with Crippen LogP contribution in [0.5, 0.6) is 5.75 Å². The van der Waals surface area contributed by atoms with Gasteiger partial charge in [0.2, 0.25) is 0 Å². The summed E-state index contributed by atoms with van der Waals surface area (Å²) in [6.45, 7) is 3.83. The van der Waals surface area contributed by atoms with Gasteiger partial charge in [0.15, 0.2) is 0 Å². The van der Waals surface area contributed by atoms with E-state index in [1.807, 2.05) is 0 Å². The third-order valence-corrected chi connectivity index (χ3v) is 6.83. The topological polar surface area (TPSA) is 61.8 Å². The molecule has 2 aliphatic carbocycles. The molecule has 5 nitrogen and oxygen atoms in total. The molecule has 2 saturated carbocycles. The number of likely N-dealkylation sites (tertiary alicyclic amines) is 1. The Hall–Kier alpha value is -1.59. The minimum absolute atomic E-state index is 0.271. The first-order chi connectivity index (χ1) is 13.0. The Labute approximate surface area is 162 Å². The molecule has 0 unspecified atom stereocenters. The predicted octanol–water partition coefficient (Wildman–Crippen LogP) is 2.94. The van der Waals surface area contributed by atoms with Gasteiger partial charge in [0.25, 0.3) is 0 Å². The van der Waals surface area contributed by atoms with Gasteiger partial charge in [-0.1, -0.05) is 12.1 Å². The van der Waals surface area contributed by atoms with Crippen LogP contribution in [0.15, 0.2) is 24.3 Å². The molecule has 2 N–H and O–H groups in total. The summed E-state index contributed by atoms with van der Waals surface area (Å²) in [6.07, 6.45) is 7.66. The highest BCUT2D eigenvalue weighted by atomic mass is 16.5. The fourth-order valence-electron chi connectivity index (χ4n) is 4.44. The van der Waals surface area contributed by atoms with Crippen LogP contribution in [0.4, 0.5) is 0 Å². The number of carboxylic acid groups (broad SMARTS) is 1. The molecule has 1 aliphatic heterocycles. The van der Waals surface area contributed by atoms with Crippen molar-refractivity contribution in [2.24, 2.45) is 10.8 Å². The van der Waals surface area contributed by atoms with E-state index in [4.69, 9.17) is 4.74 Å². The molecule has 0 aromatic heterocycles. The summed E-state index contributed by atoms with van der Waals surface area (Å²) < 4.78 is 5.29. The van der Waals surface area contributed by atoms with E-state index in [1.54, 1.807) is 7.11 Å². The van der Waals surface area contributed by atoms with Crippen molar-refractivity contribution in [3.05, 3.63) is 29.8 Å². The molecule has 0 bridgehead atoms. The number of piperidine rings is 1. The molecule has 0 atom stereocenters. The van der Waals surface area contributed by atoms with Gasteiger partial charge in [-0.2, -0.15) is 0 Å². The van der Waals surface area contributed by atoms with E-state index in [2.05, 4.69) is 34.5 Å². The molecule has 0 amide bonds.